The predicted molar refractivity (Wildman–Crippen MR) is 107 cm³/mol. The fourth-order valence-corrected chi connectivity index (χ4v) is 3.61. The lowest BCUT2D eigenvalue weighted by Gasteiger charge is -2.46. The second-order valence-electron chi connectivity index (χ2n) is 8.18. The molecule has 1 amide bonds. The van der Waals surface area contributed by atoms with E-state index < -0.39 is 35.9 Å². The minimum Gasteiger partial charge on any atom is -0.394 e. The molecule has 31 heavy (non-hydrogen) atoms. The van der Waals surface area contributed by atoms with Crippen molar-refractivity contribution < 1.29 is 48.2 Å². The van der Waals surface area contributed by atoms with Crippen LogP contribution >= 0.6 is 0 Å². The summed E-state index contributed by atoms with van der Waals surface area (Å²) in [5.41, 5.74) is -0.968. The number of aliphatic hydroxyl groups is 2. The number of ether oxygens (including phenoxy) is 7. The van der Waals surface area contributed by atoms with Crippen LogP contribution in [0.3, 0.4) is 0 Å². The number of hydrogen-bond acceptors (Lipinski definition) is 10. The summed E-state index contributed by atoms with van der Waals surface area (Å²) < 4.78 is 39.4. The van der Waals surface area contributed by atoms with Crippen molar-refractivity contribution in [3.05, 3.63) is 0 Å². The molecule has 0 aromatic heterocycles. The summed E-state index contributed by atoms with van der Waals surface area (Å²) in [6, 6.07) is -0.741. The number of rotatable bonds is 14. The van der Waals surface area contributed by atoms with E-state index >= 15 is 0 Å². The number of aliphatic hydroxyl groups excluding tert-OH is 2. The quantitative estimate of drug-likeness (QED) is 0.288. The number of carbonyl (C=O) groups excluding carboxylic acids is 1. The van der Waals surface area contributed by atoms with E-state index in [9.17, 15) is 9.90 Å². The highest BCUT2D eigenvalue weighted by Gasteiger charge is 2.60. The number of nitrogens with one attached hydrogen (secondary N) is 1. The van der Waals surface area contributed by atoms with Crippen LogP contribution in [-0.2, 0) is 38.0 Å². The lowest BCUT2D eigenvalue weighted by atomic mass is 9.87. The zero-order valence-electron chi connectivity index (χ0n) is 18.8. The van der Waals surface area contributed by atoms with Gasteiger partial charge in [-0.2, -0.15) is 0 Å². The molecule has 0 saturated carbocycles. The molecule has 2 aliphatic rings. The molecule has 0 aliphatic carbocycles. The van der Waals surface area contributed by atoms with Gasteiger partial charge in [-0.3, -0.25) is 4.79 Å². The second kappa shape index (κ2) is 12.4. The van der Waals surface area contributed by atoms with E-state index in [1.807, 2.05) is 0 Å². The van der Waals surface area contributed by atoms with Gasteiger partial charge >= 0.3 is 0 Å². The van der Waals surface area contributed by atoms with Crippen LogP contribution in [0.4, 0.5) is 0 Å². The molecule has 0 spiro atoms. The summed E-state index contributed by atoms with van der Waals surface area (Å²) >= 11 is 0. The van der Waals surface area contributed by atoms with Crippen LogP contribution in [0.1, 0.15) is 27.7 Å². The highest BCUT2D eigenvalue weighted by molar-refractivity contribution is 5.73. The average molecular weight is 452 g/mol. The second-order valence-corrected chi connectivity index (χ2v) is 8.18. The van der Waals surface area contributed by atoms with Crippen molar-refractivity contribution in [1.29, 1.82) is 0 Å². The van der Waals surface area contributed by atoms with Crippen molar-refractivity contribution in [3.63, 3.8) is 0 Å². The molecule has 182 valence electrons. The lowest BCUT2D eigenvalue weighted by Crippen LogP contribution is -2.67. The maximum Gasteiger partial charge on any atom is 0.217 e. The SMILES string of the molecule is CC(=O)N[C@@H]1[C@H]2OC(C)(C)O[C@H]2[C@@](C)(COCCOCCOCCOCCO)O[C@@H]1O. The summed E-state index contributed by atoms with van der Waals surface area (Å²) in [6.07, 6.45) is -2.37. The first kappa shape index (κ1) is 26.4. The Kier molecular flexibility index (Phi) is 10.5. The van der Waals surface area contributed by atoms with Crippen molar-refractivity contribution in [2.75, 3.05) is 59.5 Å². The monoisotopic (exact) mass is 451 g/mol. The van der Waals surface area contributed by atoms with Gasteiger partial charge in [0.25, 0.3) is 0 Å². The largest absolute Gasteiger partial charge is 0.394 e. The highest BCUT2D eigenvalue weighted by atomic mass is 16.8. The molecule has 11 heteroatoms. The highest BCUT2D eigenvalue weighted by Crippen LogP contribution is 2.42. The van der Waals surface area contributed by atoms with Crippen molar-refractivity contribution in [2.45, 2.75) is 63.6 Å². The van der Waals surface area contributed by atoms with E-state index in [1.54, 1.807) is 20.8 Å². The van der Waals surface area contributed by atoms with E-state index in [1.165, 1.54) is 6.92 Å². The Morgan fingerprint density at radius 3 is 2.00 bits per heavy atom. The Balaban J connectivity index is 1.70. The fourth-order valence-electron chi connectivity index (χ4n) is 3.61. The van der Waals surface area contributed by atoms with Gasteiger partial charge in [0.15, 0.2) is 12.1 Å². The van der Waals surface area contributed by atoms with Gasteiger partial charge < -0.3 is 48.7 Å². The number of hydrogen-bond donors (Lipinski definition) is 3. The first-order valence-corrected chi connectivity index (χ1v) is 10.6. The molecule has 2 heterocycles. The predicted octanol–water partition coefficient (Wildman–Crippen LogP) is -0.823. The first-order chi connectivity index (χ1) is 14.7. The number of carbonyl (C=O) groups is 1. The van der Waals surface area contributed by atoms with E-state index in [0.717, 1.165) is 0 Å². The maximum absolute atomic E-state index is 11.5. The molecule has 5 atom stereocenters. The van der Waals surface area contributed by atoms with Crippen LogP contribution in [0.2, 0.25) is 0 Å². The Hall–Kier alpha value is -0.890. The van der Waals surface area contributed by atoms with Gasteiger partial charge in [-0.15, -0.1) is 0 Å². The summed E-state index contributed by atoms with van der Waals surface area (Å²) in [5, 5.41) is 21.7. The van der Waals surface area contributed by atoms with Crippen molar-refractivity contribution in [1.82, 2.24) is 5.32 Å². The van der Waals surface area contributed by atoms with Gasteiger partial charge in [-0.1, -0.05) is 0 Å². The third-order valence-electron chi connectivity index (χ3n) is 4.89. The van der Waals surface area contributed by atoms with E-state index in [2.05, 4.69) is 5.32 Å². The average Bonchev–Trinajstić information content (AvgIpc) is 3.02. The molecule has 3 N–H and O–H groups in total. The molecule has 0 aromatic carbocycles. The normalized spacial score (nSPS) is 32.1. The van der Waals surface area contributed by atoms with Gasteiger partial charge in [0.2, 0.25) is 5.91 Å². The molecule has 0 bridgehead atoms. The summed E-state index contributed by atoms with van der Waals surface area (Å²) in [5.74, 6) is -1.18. The Morgan fingerprint density at radius 2 is 1.45 bits per heavy atom. The minimum atomic E-state index is -1.26. The Bertz CT molecular complexity index is 548. The van der Waals surface area contributed by atoms with Crippen LogP contribution in [-0.4, -0.2) is 112 Å². The van der Waals surface area contributed by atoms with Gasteiger partial charge in [-0.25, -0.2) is 0 Å². The molecule has 0 unspecified atom stereocenters. The molecule has 2 saturated heterocycles. The third-order valence-corrected chi connectivity index (χ3v) is 4.89. The van der Waals surface area contributed by atoms with Crippen molar-refractivity contribution in [3.8, 4) is 0 Å². The van der Waals surface area contributed by atoms with Crippen molar-refractivity contribution >= 4 is 5.91 Å². The standard InChI is InChI=1S/C20H37NO10/c1-14(23)21-15-16-17(30-19(2,3)29-16)20(4,31-18(15)24)13-28-12-11-27-10-9-26-8-7-25-6-5-22/h15-18,22,24H,5-13H2,1-4H3,(H,21,23)/t15-,16-,17-,18+,20-/m1/s1. The smallest absolute Gasteiger partial charge is 0.217 e. The van der Waals surface area contributed by atoms with Gasteiger partial charge in [0, 0.05) is 6.92 Å². The topological polar surface area (TPSA) is 134 Å². The Labute approximate surface area is 183 Å². The molecule has 2 fully saturated rings. The maximum atomic E-state index is 11.5. The molecular weight excluding hydrogens is 414 g/mol. The third kappa shape index (κ3) is 8.19. The lowest BCUT2D eigenvalue weighted by molar-refractivity contribution is -0.279. The summed E-state index contributed by atoms with van der Waals surface area (Å²) in [6.45, 7) is 9.60. The van der Waals surface area contributed by atoms with Crippen LogP contribution in [0.15, 0.2) is 0 Å². The van der Waals surface area contributed by atoms with Crippen LogP contribution < -0.4 is 5.32 Å². The summed E-state index contributed by atoms with van der Waals surface area (Å²) in [7, 11) is 0. The minimum absolute atomic E-state index is 0.000353. The first-order valence-electron chi connectivity index (χ1n) is 10.6. The molecule has 2 aliphatic heterocycles. The van der Waals surface area contributed by atoms with E-state index in [0.29, 0.717) is 46.2 Å². The van der Waals surface area contributed by atoms with Gasteiger partial charge in [-0.05, 0) is 20.8 Å². The number of amides is 1. The molecular formula is C20H37NO10. The van der Waals surface area contributed by atoms with Crippen LogP contribution in [0, 0.1) is 0 Å². The van der Waals surface area contributed by atoms with Crippen LogP contribution in [0.25, 0.3) is 0 Å². The molecule has 0 radical (unpaired) electrons. The zero-order chi connectivity index (χ0) is 22.9. The van der Waals surface area contributed by atoms with Crippen LogP contribution in [0.5, 0.6) is 0 Å². The molecule has 2 rings (SSSR count). The van der Waals surface area contributed by atoms with E-state index in [-0.39, 0.29) is 19.1 Å². The molecule has 11 nitrogen and oxygen atoms in total. The molecule has 0 aromatic rings. The van der Waals surface area contributed by atoms with Gasteiger partial charge in [0.05, 0.1) is 59.5 Å². The zero-order valence-corrected chi connectivity index (χ0v) is 18.8. The fraction of sp³-hybridized carbons (Fsp3) is 0.950. The Morgan fingerprint density at radius 1 is 0.903 bits per heavy atom. The summed E-state index contributed by atoms with van der Waals surface area (Å²) in [4.78, 5) is 11.5. The number of fused-ring (bicyclic) bond motifs is 1. The van der Waals surface area contributed by atoms with Crippen molar-refractivity contribution in [2.24, 2.45) is 0 Å². The van der Waals surface area contributed by atoms with Gasteiger partial charge in [0.1, 0.15) is 23.9 Å². The van der Waals surface area contributed by atoms with E-state index in [4.69, 9.17) is 38.3 Å².